The van der Waals surface area contributed by atoms with Crippen molar-refractivity contribution < 1.29 is 29.6 Å². The number of aromatic nitrogens is 2. The zero-order valence-electron chi connectivity index (χ0n) is 19.9. The lowest BCUT2D eigenvalue weighted by Crippen LogP contribution is -2.33. The zero-order valence-corrected chi connectivity index (χ0v) is 19.9. The van der Waals surface area contributed by atoms with E-state index in [2.05, 4.69) is 10.3 Å². The zero-order chi connectivity index (χ0) is 25.9. The summed E-state index contributed by atoms with van der Waals surface area (Å²) in [6.07, 6.45) is -4.35. The monoisotopic (exact) mass is 504 g/mol. The van der Waals surface area contributed by atoms with Gasteiger partial charge in [0.2, 0.25) is 5.95 Å². The van der Waals surface area contributed by atoms with Gasteiger partial charge in [-0.2, -0.15) is 0 Å². The van der Waals surface area contributed by atoms with Crippen molar-refractivity contribution in [3.63, 3.8) is 0 Å². The number of anilines is 1. The Morgan fingerprint density at radius 1 is 1.05 bits per heavy atom. The normalized spacial score (nSPS) is 21.3. The summed E-state index contributed by atoms with van der Waals surface area (Å²) in [5.74, 6) is 0.360. The van der Waals surface area contributed by atoms with E-state index in [4.69, 9.17) is 15.2 Å². The lowest BCUT2D eigenvalue weighted by molar-refractivity contribution is -0.119. The molecule has 0 spiro atoms. The van der Waals surface area contributed by atoms with Crippen LogP contribution in [0.2, 0.25) is 0 Å². The van der Waals surface area contributed by atoms with E-state index in [0.29, 0.717) is 29.3 Å². The van der Waals surface area contributed by atoms with Crippen LogP contribution < -0.4 is 15.8 Å². The number of nitrogens with one attached hydrogen (secondary N) is 1. The number of fused-ring (bicyclic) bond motifs is 1. The van der Waals surface area contributed by atoms with Gasteiger partial charge in [-0.3, -0.25) is 9.36 Å². The number of nitrogens with two attached hydrogens (primary N) is 1. The van der Waals surface area contributed by atoms with Gasteiger partial charge in [-0.1, -0.05) is 54.6 Å². The predicted molar refractivity (Wildman–Crippen MR) is 137 cm³/mol. The molecule has 0 unspecified atom stereocenters. The highest BCUT2D eigenvalue weighted by molar-refractivity contribution is 5.79. The summed E-state index contributed by atoms with van der Waals surface area (Å²) < 4.78 is 13.2. The number of hydrogen-bond donors (Lipinski definition) is 5. The van der Waals surface area contributed by atoms with Gasteiger partial charge in [0, 0.05) is 12.1 Å². The Hall–Kier alpha value is -3.96. The molecule has 1 aliphatic rings. The average Bonchev–Trinajstić information content (AvgIpc) is 3.42. The Labute approximate surface area is 212 Å². The average molecular weight is 505 g/mol. The third kappa shape index (κ3) is 5.00. The maximum Gasteiger partial charge on any atom is 0.255 e. The molecule has 1 aromatic heterocycles. The van der Waals surface area contributed by atoms with Crippen LogP contribution >= 0.6 is 0 Å². The summed E-state index contributed by atoms with van der Waals surface area (Å²) in [6.45, 7) is -0.343. The second kappa shape index (κ2) is 10.6. The first-order chi connectivity index (χ1) is 18.0. The van der Waals surface area contributed by atoms with Crippen LogP contribution in [-0.4, -0.2) is 62.3 Å². The number of aliphatic hydroxyl groups excluding tert-OH is 3. The van der Waals surface area contributed by atoms with E-state index >= 15 is 0 Å². The van der Waals surface area contributed by atoms with Crippen LogP contribution in [0.1, 0.15) is 11.8 Å². The number of amides is 1. The number of ether oxygens (including phenoxy) is 2. The molecular formula is C27H28N4O6. The van der Waals surface area contributed by atoms with Gasteiger partial charge in [-0.15, -0.1) is 0 Å². The molecule has 0 bridgehead atoms. The summed E-state index contributed by atoms with van der Waals surface area (Å²) in [5.41, 5.74) is 9.28. The molecular weight excluding hydrogens is 476 g/mol. The van der Waals surface area contributed by atoms with Gasteiger partial charge < -0.3 is 35.8 Å². The highest BCUT2D eigenvalue weighted by atomic mass is 16.6. The first kappa shape index (κ1) is 24.7. The van der Waals surface area contributed by atoms with Crippen LogP contribution in [0.25, 0.3) is 22.2 Å². The molecule has 1 amide bonds. The molecule has 0 aliphatic carbocycles. The summed E-state index contributed by atoms with van der Waals surface area (Å²) in [5, 5.41) is 33.8. The third-order valence-corrected chi connectivity index (χ3v) is 6.32. The lowest BCUT2D eigenvalue weighted by Gasteiger charge is -2.20. The number of nitrogens with zero attached hydrogens (tertiary/aromatic N) is 2. The first-order valence-electron chi connectivity index (χ1n) is 11.9. The topological polar surface area (TPSA) is 152 Å². The number of hydrogen-bond acceptors (Lipinski definition) is 8. The number of para-hydroxylation sites is 2. The number of primary amides is 1. The van der Waals surface area contributed by atoms with Crippen LogP contribution in [0.4, 0.5) is 5.95 Å². The fraction of sp³-hybridized carbons (Fsp3) is 0.259. The molecule has 1 aliphatic heterocycles. The predicted octanol–water partition coefficient (Wildman–Crippen LogP) is 1.79. The van der Waals surface area contributed by atoms with E-state index in [1.807, 2.05) is 72.8 Å². The molecule has 2 heterocycles. The molecule has 0 saturated carbocycles. The van der Waals surface area contributed by atoms with Crippen molar-refractivity contribution in [2.24, 2.45) is 5.73 Å². The number of rotatable bonds is 9. The summed E-state index contributed by atoms with van der Waals surface area (Å²) in [7, 11) is 0. The van der Waals surface area contributed by atoms with Crippen molar-refractivity contribution >= 4 is 22.9 Å². The number of aliphatic hydroxyl groups is 3. The van der Waals surface area contributed by atoms with E-state index < -0.39 is 37.1 Å². The Bertz CT molecular complexity index is 1390. The third-order valence-electron chi connectivity index (χ3n) is 6.32. The first-order valence-corrected chi connectivity index (χ1v) is 11.9. The van der Waals surface area contributed by atoms with Gasteiger partial charge in [0.05, 0.1) is 17.6 Å². The van der Waals surface area contributed by atoms with Crippen molar-refractivity contribution in [1.82, 2.24) is 9.55 Å². The molecule has 10 nitrogen and oxygen atoms in total. The number of benzene rings is 3. The SMILES string of the molecule is NC(=O)COc1cc(CNc2nc3ccccc3n2[C@@H]2O[C@H](CO)[C@@H](O)[C@H]2O)ccc1-c1ccccc1. The molecule has 10 heteroatoms. The molecule has 3 aromatic carbocycles. The quantitative estimate of drug-likeness (QED) is 0.231. The van der Waals surface area contributed by atoms with E-state index in [1.54, 1.807) is 4.57 Å². The summed E-state index contributed by atoms with van der Waals surface area (Å²) >= 11 is 0. The molecule has 37 heavy (non-hydrogen) atoms. The van der Waals surface area contributed by atoms with Crippen LogP contribution in [0, 0.1) is 0 Å². The molecule has 0 radical (unpaired) electrons. The van der Waals surface area contributed by atoms with Crippen molar-refractivity contribution in [3.05, 3.63) is 78.4 Å². The van der Waals surface area contributed by atoms with Crippen LogP contribution in [0.3, 0.4) is 0 Å². The lowest BCUT2D eigenvalue weighted by atomic mass is 10.0. The number of imidazole rings is 1. The van der Waals surface area contributed by atoms with Gasteiger partial charge in [-0.05, 0) is 29.3 Å². The van der Waals surface area contributed by atoms with E-state index in [1.165, 1.54) is 0 Å². The largest absolute Gasteiger partial charge is 0.483 e. The molecule has 1 saturated heterocycles. The highest BCUT2D eigenvalue weighted by Gasteiger charge is 2.44. The minimum Gasteiger partial charge on any atom is -0.483 e. The standard InChI is InChI=1S/C27H28N4O6/c28-23(33)15-36-21-12-16(10-11-18(21)17-6-2-1-3-7-17)13-29-27-30-19-8-4-5-9-20(19)31(27)26-25(35)24(34)22(14-32)37-26/h1-12,22,24-26,32,34-35H,13-15H2,(H2,28,33)(H,29,30)/t22-,24-,25-,26-/m1/s1. The van der Waals surface area contributed by atoms with E-state index in [-0.39, 0.29) is 6.61 Å². The highest BCUT2D eigenvalue weighted by Crippen LogP contribution is 2.35. The molecule has 4 atom stereocenters. The van der Waals surface area contributed by atoms with Gasteiger partial charge in [-0.25, -0.2) is 4.98 Å². The minimum absolute atomic E-state index is 0.252. The van der Waals surface area contributed by atoms with E-state index in [9.17, 15) is 20.1 Å². The molecule has 192 valence electrons. The second-order valence-corrected chi connectivity index (χ2v) is 8.83. The van der Waals surface area contributed by atoms with Crippen LogP contribution in [-0.2, 0) is 16.1 Å². The van der Waals surface area contributed by atoms with Crippen LogP contribution in [0.15, 0.2) is 72.8 Å². The second-order valence-electron chi connectivity index (χ2n) is 8.83. The van der Waals surface area contributed by atoms with Gasteiger partial charge in [0.1, 0.15) is 24.1 Å². The maximum atomic E-state index is 11.4. The van der Waals surface area contributed by atoms with Crippen molar-refractivity contribution in [2.75, 3.05) is 18.5 Å². The summed E-state index contributed by atoms with van der Waals surface area (Å²) in [4.78, 5) is 16.0. The number of carbonyl (C=O) groups is 1. The van der Waals surface area contributed by atoms with Gasteiger partial charge >= 0.3 is 0 Å². The Morgan fingerprint density at radius 3 is 2.54 bits per heavy atom. The van der Waals surface area contributed by atoms with Crippen molar-refractivity contribution in [3.8, 4) is 16.9 Å². The number of carbonyl (C=O) groups excluding carboxylic acids is 1. The molecule has 6 N–H and O–H groups in total. The van der Waals surface area contributed by atoms with Crippen LogP contribution in [0.5, 0.6) is 5.75 Å². The molecule has 5 rings (SSSR count). The van der Waals surface area contributed by atoms with Gasteiger partial charge in [0.15, 0.2) is 12.8 Å². The Balaban J connectivity index is 1.45. The summed E-state index contributed by atoms with van der Waals surface area (Å²) in [6, 6.07) is 22.7. The minimum atomic E-state index is -1.26. The van der Waals surface area contributed by atoms with E-state index in [0.717, 1.165) is 16.7 Å². The smallest absolute Gasteiger partial charge is 0.255 e. The fourth-order valence-corrected chi connectivity index (χ4v) is 4.50. The van der Waals surface area contributed by atoms with Gasteiger partial charge in [0.25, 0.3) is 5.91 Å². The maximum absolute atomic E-state index is 11.4. The van der Waals surface area contributed by atoms with Crippen molar-refractivity contribution in [2.45, 2.75) is 31.1 Å². The molecule has 1 fully saturated rings. The fourth-order valence-electron chi connectivity index (χ4n) is 4.50. The molecule has 4 aromatic rings. The van der Waals surface area contributed by atoms with Crippen molar-refractivity contribution in [1.29, 1.82) is 0 Å². The Morgan fingerprint density at radius 2 is 1.81 bits per heavy atom. The Kier molecular flexibility index (Phi) is 7.06.